The van der Waals surface area contributed by atoms with Crippen LogP contribution >= 0.6 is 0 Å². The average Bonchev–Trinajstić information content (AvgIpc) is 3.15. The van der Waals surface area contributed by atoms with Gasteiger partial charge in [-0.25, -0.2) is 9.67 Å². The molecule has 1 aliphatic heterocycles. The van der Waals surface area contributed by atoms with E-state index in [1.54, 1.807) is 36.3 Å². The summed E-state index contributed by atoms with van der Waals surface area (Å²) in [7, 11) is 1.60. The zero-order valence-corrected chi connectivity index (χ0v) is 15.1. The molecule has 0 saturated carbocycles. The van der Waals surface area contributed by atoms with E-state index in [1.165, 1.54) is 4.90 Å². The number of amides is 2. The highest BCUT2D eigenvalue weighted by Crippen LogP contribution is 2.27. The van der Waals surface area contributed by atoms with Crippen LogP contribution in [0.15, 0.2) is 54.9 Å². The maximum Gasteiger partial charge on any atom is 0.274 e. The van der Waals surface area contributed by atoms with Crippen LogP contribution in [0.2, 0.25) is 0 Å². The van der Waals surface area contributed by atoms with Gasteiger partial charge in [0.2, 0.25) is 0 Å². The SMILES string of the molecule is CN1C(=O)[C@@H](NC(=O)c2cn(Cc3ccccc3)nn2)COc2cccnc21. The summed E-state index contributed by atoms with van der Waals surface area (Å²) in [5.41, 5.74) is 1.17. The Labute approximate surface area is 160 Å². The first kappa shape index (κ1) is 17.7. The van der Waals surface area contributed by atoms with Crippen molar-refractivity contribution in [3.63, 3.8) is 0 Å². The average molecular weight is 378 g/mol. The van der Waals surface area contributed by atoms with E-state index in [2.05, 4.69) is 20.6 Å². The molecule has 1 aromatic carbocycles. The van der Waals surface area contributed by atoms with Gasteiger partial charge in [0.1, 0.15) is 12.6 Å². The maximum atomic E-state index is 12.7. The number of rotatable bonds is 4. The molecule has 0 fully saturated rings. The first-order valence-electron chi connectivity index (χ1n) is 8.72. The third-order valence-electron chi connectivity index (χ3n) is 4.37. The number of ether oxygens (including phenoxy) is 1. The van der Waals surface area contributed by atoms with Crippen LogP contribution in [0.3, 0.4) is 0 Å². The van der Waals surface area contributed by atoms with Crippen molar-refractivity contribution in [1.82, 2.24) is 25.3 Å². The van der Waals surface area contributed by atoms with Crippen molar-refractivity contribution in [2.75, 3.05) is 18.6 Å². The Morgan fingerprint density at radius 2 is 2.07 bits per heavy atom. The van der Waals surface area contributed by atoms with Gasteiger partial charge in [0.25, 0.3) is 11.8 Å². The quantitative estimate of drug-likeness (QED) is 0.723. The van der Waals surface area contributed by atoms with Gasteiger partial charge >= 0.3 is 0 Å². The summed E-state index contributed by atoms with van der Waals surface area (Å²) in [5, 5.41) is 10.6. The lowest BCUT2D eigenvalue weighted by Gasteiger charge is -2.19. The summed E-state index contributed by atoms with van der Waals surface area (Å²) in [4.78, 5) is 30.8. The molecule has 142 valence electrons. The Hall–Kier alpha value is -3.75. The van der Waals surface area contributed by atoms with E-state index in [4.69, 9.17) is 4.74 Å². The number of likely N-dealkylation sites (N-methyl/N-ethyl adjacent to an activating group) is 1. The molecule has 0 aliphatic carbocycles. The zero-order valence-electron chi connectivity index (χ0n) is 15.1. The van der Waals surface area contributed by atoms with Crippen molar-refractivity contribution >= 4 is 17.6 Å². The van der Waals surface area contributed by atoms with Gasteiger partial charge in [-0.1, -0.05) is 35.5 Å². The Bertz CT molecular complexity index is 1000. The second-order valence-corrected chi connectivity index (χ2v) is 6.35. The molecule has 3 heterocycles. The van der Waals surface area contributed by atoms with Crippen LogP contribution in [0.4, 0.5) is 5.82 Å². The zero-order chi connectivity index (χ0) is 19.5. The molecule has 1 aliphatic rings. The lowest BCUT2D eigenvalue weighted by molar-refractivity contribution is -0.120. The smallest absolute Gasteiger partial charge is 0.274 e. The van der Waals surface area contributed by atoms with Crippen molar-refractivity contribution in [2.24, 2.45) is 0 Å². The fraction of sp³-hybridized carbons (Fsp3) is 0.211. The van der Waals surface area contributed by atoms with Gasteiger partial charge in [0.15, 0.2) is 17.3 Å². The van der Waals surface area contributed by atoms with Crippen LogP contribution in [-0.4, -0.2) is 51.5 Å². The van der Waals surface area contributed by atoms with E-state index < -0.39 is 11.9 Å². The molecule has 9 nitrogen and oxygen atoms in total. The highest BCUT2D eigenvalue weighted by atomic mass is 16.5. The van der Waals surface area contributed by atoms with E-state index in [0.717, 1.165) is 5.56 Å². The van der Waals surface area contributed by atoms with Crippen molar-refractivity contribution in [1.29, 1.82) is 0 Å². The molecule has 9 heteroatoms. The van der Waals surface area contributed by atoms with Crippen LogP contribution in [0.1, 0.15) is 16.1 Å². The number of fused-ring (bicyclic) bond motifs is 1. The fourth-order valence-electron chi connectivity index (χ4n) is 2.92. The topological polar surface area (TPSA) is 102 Å². The maximum absolute atomic E-state index is 12.7. The Balaban J connectivity index is 1.45. The van der Waals surface area contributed by atoms with Gasteiger partial charge in [0.05, 0.1) is 12.7 Å². The molecule has 28 heavy (non-hydrogen) atoms. The fourth-order valence-corrected chi connectivity index (χ4v) is 2.92. The number of carbonyl (C=O) groups excluding carboxylic acids is 2. The molecule has 4 rings (SSSR count). The van der Waals surface area contributed by atoms with Crippen molar-refractivity contribution in [3.05, 3.63) is 66.1 Å². The summed E-state index contributed by atoms with van der Waals surface area (Å²) in [6.07, 6.45) is 3.13. The normalized spacial score (nSPS) is 16.1. The minimum absolute atomic E-state index is 0.00571. The van der Waals surface area contributed by atoms with Crippen LogP contribution in [0, 0.1) is 0 Å². The highest BCUT2D eigenvalue weighted by molar-refractivity contribution is 6.02. The molecule has 2 aromatic heterocycles. The Morgan fingerprint density at radius 1 is 1.25 bits per heavy atom. The van der Waals surface area contributed by atoms with E-state index in [1.807, 2.05) is 30.3 Å². The van der Waals surface area contributed by atoms with Crippen LogP contribution in [0.5, 0.6) is 5.75 Å². The number of pyridine rings is 1. The highest BCUT2D eigenvalue weighted by Gasteiger charge is 2.31. The van der Waals surface area contributed by atoms with Crippen molar-refractivity contribution in [3.8, 4) is 5.75 Å². The van der Waals surface area contributed by atoms with E-state index in [-0.39, 0.29) is 18.2 Å². The summed E-state index contributed by atoms with van der Waals surface area (Å²) >= 11 is 0. The summed E-state index contributed by atoms with van der Waals surface area (Å²) in [5.74, 6) is 0.0954. The van der Waals surface area contributed by atoms with Crippen LogP contribution in [0.25, 0.3) is 0 Å². The first-order chi connectivity index (χ1) is 13.6. The van der Waals surface area contributed by atoms with Gasteiger partial charge in [-0.2, -0.15) is 0 Å². The van der Waals surface area contributed by atoms with Crippen LogP contribution in [-0.2, 0) is 11.3 Å². The summed E-state index contributed by atoms with van der Waals surface area (Å²) < 4.78 is 7.21. The molecule has 1 atom stereocenters. The van der Waals surface area contributed by atoms with E-state index in [0.29, 0.717) is 18.1 Å². The standard InChI is InChI=1S/C19H18N6O3/c1-24-17-16(8-5-9-20-17)28-12-15(19(24)27)21-18(26)14-11-25(23-22-14)10-13-6-3-2-4-7-13/h2-9,11,15H,10,12H2,1H3,(H,21,26)/t15-/m0/s1. The largest absolute Gasteiger partial charge is 0.487 e. The molecule has 0 spiro atoms. The lowest BCUT2D eigenvalue weighted by Crippen LogP contribution is -2.49. The Morgan fingerprint density at radius 3 is 2.89 bits per heavy atom. The molecular formula is C19H18N6O3. The minimum Gasteiger partial charge on any atom is -0.487 e. The molecule has 0 saturated heterocycles. The molecule has 0 bridgehead atoms. The van der Waals surface area contributed by atoms with Crippen LogP contribution < -0.4 is 15.0 Å². The monoisotopic (exact) mass is 378 g/mol. The number of nitrogens with zero attached hydrogens (tertiary/aromatic N) is 5. The van der Waals surface area contributed by atoms with Crippen molar-refractivity contribution in [2.45, 2.75) is 12.6 Å². The number of hydrogen-bond acceptors (Lipinski definition) is 6. The third-order valence-corrected chi connectivity index (χ3v) is 4.37. The summed E-state index contributed by atoms with van der Waals surface area (Å²) in [6, 6.07) is 12.3. The second-order valence-electron chi connectivity index (χ2n) is 6.35. The molecule has 3 aromatic rings. The van der Waals surface area contributed by atoms with E-state index in [9.17, 15) is 9.59 Å². The molecule has 0 unspecified atom stereocenters. The van der Waals surface area contributed by atoms with Gasteiger partial charge in [-0.15, -0.1) is 5.10 Å². The van der Waals surface area contributed by atoms with Crippen molar-refractivity contribution < 1.29 is 14.3 Å². The number of hydrogen-bond donors (Lipinski definition) is 1. The summed E-state index contributed by atoms with van der Waals surface area (Å²) in [6.45, 7) is 0.502. The van der Waals surface area contributed by atoms with Gasteiger partial charge in [-0.05, 0) is 17.7 Å². The first-order valence-corrected chi connectivity index (χ1v) is 8.72. The lowest BCUT2D eigenvalue weighted by atomic mass is 10.2. The third kappa shape index (κ3) is 3.54. The van der Waals surface area contributed by atoms with E-state index >= 15 is 0 Å². The molecular weight excluding hydrogens is 360 g/mol. The molecule has 2 amide bonds. The minimum atomic E-state index is -0.856. The molecule has 1 N–H and O–H groups in total. The number of aromatic nitrogens is 4. The second kappa shape index (κ2) is 7.47. The number of benzene rings is 1. The van der Waals surface area contributed by atoms with Gasteiger partial charge < -0.3 is 10.1 Å². The Kier molecular flexibility index (Phi) is 4.71. The van der Waals surface area contributed by atoms with Gasteiger partial charge in [-0.3, -0.25) is 14.5 Å². The number of anilines is 1. The molecule has 0 radical (unpaired) electrons. The number of carbonyl (C=O) groups is 2. The van der Waals surface area contributed by atoms with Gasteiger partial charge in [0, 0.05) is 13.2 Å². The number of nitrogens with one attached hydrogen (secondary N) is 1. The predicted molar refractivity (Wildman–Crippen MR) is 100.0 cm³/mol. The predicted octanol–water partition coefficient (Wildman–Crippen LogP) is 0.875.